The predicted molar refractivity (Wildman–Crippen MR) is 116 cm³/mol. The molecule has 4 rings (SSSR count). The summed E-state index contributed by atoms with van der Waals surface area (Å²) >= 11 is 0. The first-order valence-electron chi connectivity index (χ1n) is 10.1. The Bertz CT molecular complexity index is 1130. The van der Waals surface area contributed by atoms with Gasteiger partial charge < -0.3 is 45.7 Å². The molecule has 1 aliphatic heterocycles. The number of rotatable bonds is 8. The van der Waals surface area contributed by atoms with Crippen molar-refractivity contribution in [3.05, 3.63) is 30.1 Å². The maximum atomic E-state index is 10.6. The molecule has 1 saturated heterocycles. The number of ether oxygens (including phenoxy) is 3. The van der Waals surface area contributed by atoms with Crippen LogP contribution in [0, 0.1) is 0 Å². The molecule has 13 heteroatoms. The number of nitrogen functional groups attached to an aromatic ring is 1. The Morgan fingerprint density at radius 3 is 2.61 bits per heavy atom. The van der Waals surface area contributed by atoms with Crippen LogP contribution in [0.25, 0.3) is 11.2 Å². The Balaban J connectivity index is 1.55. The SMILES string of the molecule is COc1ccc(C(O)CNc2nc(N)c3ncn([C@@H]4O[C@H](CO)C(O)C4O)c3n2)cc1OC. The number of aromatic nitrogens is 4. The van der Waals surface area contributed by atoms with E-state index in [0.29, 0.717) is 17.1 Å². The fourth-order valence-corrected chi connectivity index (χ4v) is 3.68. The number of methoxy groups -OCH3 is 2. The van der Waals surface area contributed by atoms with Gasteiger partial charge in [-0.15, -0.1) is 0 Å². The smallest absolute Gasteiger partial charge is 0.226 e. The van der Waals surface area contributed by atoms with Crippen LogP contribution >= 0.6 is 0 Å². The standard InChI is InChI=1S/C20H26N6O7/c1-31-11-4-3-9(5-12(11)32-2)10(28)6-22-20-24-17(21)14-18(25-20)26(8-23-14)19-16(30)15(29)13(7-27)33-19/h3-5,8,10,13,15-16,19,27-30H,6-7H2,1-2H3,(H3,21,22,24,25)/t10?,13-,15?,16?,19-/m1/s1. The third-order valence-corrected chi connectivity index (χ3v) is 5.49. The monoisotopic (exact) mass is 462 g/mol. The van der Waals surface area contributed by atoms with E-state index < -0.39 is 37.3 Å². The third kappa shape index (κ3) is 4.24. The third-order valence-electron chi connectivity index (χ3n) is 5.49. The predicted octanol–water partition coefficient (Wildman–Crippen LogP) is -0.817. The molecule has 0 bridgehead atoms. The first-order valence-corrected chi connectivity index (χ1v) is 10.1. The van der Waals surface area contributed by atoms with Gasteiger partial charge in [0.1, 0.15) is 23.8 Å². The average molecular weight is 462 g/mol. The van der Waals surface area contributed by atoms with Gasteiger partial charge in [0.25, 0.3) is 0 Å². The summed E-state index contributed by atoms with van der Waals surface area (Å²) in [6, 6.07) is 5.07. The maximum absolute atomic E-state index is 10.6. The molecule has 1 aliphatic rings. The van der Waals surface area contributed by atoms with Crippen molar-refractivity contribution in [2.75, 3.05) is 38.4 Å². The number of hydrogen-bond donors (Lipinski definition) is 6. The van der Waals surface area contributed by atoms with Gasteiger partial charge in [-0.05, 0) is 17.7 Å². The van der Waals surface area contributed by atoms with E-state index in [4.69, 9.17) is 19.9 Å². The molecule has 0 aliphatic carbocycles. The normalized spacial score (nSPS) is 23.6. The molecule has 178 valence electrons. The van der Waals surface area contributed by atoms with E-state index in [1.807, 2.05) is 0 Å². The number of anilines is 2. The van der Waals surface area contributed by atoms with E-state index in [-0.39, 0.29) is 29.5 Å². The van der Waals surface area contributed by atoms with Crippen LogP contribution in [-0.2, 0) is 4.74 Å². The number of imidazole rings is 1. The first kappa shape index (κ1) is 22.9. The summed E-state index contributed by atoms with van der Waals surface area (Å²) in [5, 5.41) is 43.2. The summed E-state index contributed by atoms with van der Waals surface area (Å²) in [5.41, 5.74) is 7.13. The zero-order chi connectivity index (χ0) is 23.7. The van der Waals surface area contributed by atoms with Crippen molar-refractivity contribution in [3.63, 3.8) is 0 Å². The molecule has 13 nitrogen and oxygen atoms in total. The summed E-state index contributed by atoms with van der Waals surface area (Å²) in [6.07, 6.45) is -4.11. The number of nitrogens with two attached hydrogens (primary N) is 1. The van der Waals surface area contributed by atoms with E-state index in [1.54, 1.807) is 18.2 Å². The number of hydrogen-bond acceptors (Lipinski definition) is 12. The fourth-order valence-electron chi connectivity index (χ4n) is 3.68. The molecule has 7 N–H and O–H groups in total. The molecule has 2 aromatic heterocycles. The van der Waals surface area contributed by atoms with Crippen LogP contribution in [0.5, 0.6) is 11.5 Å². The van der Waals surface area contributed by atoms with E-state index in [1.165, 1.54) is 25.1 Å². The Kier molecular flexibility index (Phi) is 6.49. The van der Waals surface area contributed by atoms with E-state index in [9.17, 15) is 20.4 Å². The minimum Gasteiger partial charge on any atom is -0.493 e. The molecule has 1 fully saturated rings. The van der Waals surface area contributed by atoms with Gasteiger partial charge in [0, 0.05) is 6.54 Å². The molecular weight excluding hydrogens is 436 g/mol. The lowest BCUT2D eigenvalue weighted by molar-refractivity contribution is -0.0511. The highest BCUT2D eigenvalue weighted by molar-refractivity contribution is 5.83. The van der Waals surface area contributed by atoms with Gasteiger partial charge in [-0.2, -0.15) is 9.97 Å². The van der Waals surface area contributed by atoms with E-state index in [2.05, 4.69) is 20.3 Å². The average Bonchev–Trinajstić information content (AvgIpc) is 3.37. The van der Waals surface area contributed by atoms with E-state index in [0.717, 1.165) is 0 Å². The van der Waals surface area contributed by atoms with Gasteiger partial charge in [0.05, 0.1) is 33.3 Å². The van der Waals surface area contributed by atoms with Crippen molar-refractivity contribution in [1.82, 2.24) is 19.5 Å². The molecule has 3 unspecified atom stereocenters. The van der Waals surface area contributed by atoms with Crippen molar-refractivity contribution in [2.24, 2.45) is 0 Å². The Morgan fingerprint density at radius 1 is 1.18 bits per heavy atom. The van der Waals surface area contributed by atoms with Crippen LogP contribution in [0.1, 0.15) is 17.9 Å². The van der Waals surface area contributed by atoms with Crippen molar-refractivity contribution in [1.29, 1.82) is 0 Å². The lowest BCUT2D eigenvalue weighted by Gasteiger charge is -2.17. The lowest BCUT2D eigenvalue weighted by Crippen LogP contribution is -2.33. The maximum Gasteiger partial charge on any atom is 0.226 e. The largest absolute Gasteiger partial charge is 0.493 e. The molecule has 3 heterocycles. The molecule has 5 atom stereocenters. The molecule has 0 radical (unpaired) electrons. The highest BCUT2D eigenvalue weighted by Crippen LogP contribution is 2.33. The highest BCUT2D eigenvalue weighted by atomic mass is 16.6. The molecular formula is C20H26N6O7. The summed E-state index contributed by atoms with van der Waals surface area (Å²) < 4.78 is 17.4. The number of nitrogens with zero attached hydrogens (tertiary/aromatic N) is 4. The van der Waals surface area contributed by atoms with Gasteiger partial charge >= 0.3 is 0 Å². The van der Waals surface area contributed by atoms with Gasteiger partial charge in [0.2, 0.25) is 5.95 Å². The summed E-state index contributed by atoms with van der Waals surface area (Å²) in [5.74, 6) is 1.22. The van der Waals surface area contributed by atoms with Gasteiger partial charge in [0.15, 0.2) is 29.2 Å². The zero-order valence-electron chi connectivity index (χ0n) is 18.0. The van der Waals surface area contributed by atoms with Crippen LogP contribution in [0.2, 0.25) is 0 Å². The summed E-state index contributed by atoms with van der Waals surface area (Å²) in [4.78, 5) is 12.7. The number of aliphatic hydroxyl groups excluding tert-OH is 4. The van der Waals surface area contributed by atoms with Crippen molar-refractivity contribution in [3.8, 4) is 11.5 Å². The van der Waals surface area contributed by atoms with Crippen LogP contribution in [0.4, 0.5) is 11.8 Å². The molecule has 33 heavy (non-hydrogen) atoms. The minimum absolute atomic E-state index is 0.0580. The quantitative estimate of drug-likeness (QED) is 0.244. The molecule has 1 aromatic carbocycles. The summed E-state index contributed by atoms with van der Waals surface area (Å²) in [7, 11) is 3.03. The topological polar surface area (TPSA) is 190 Å². The number of aliphatic hydroxyl groups is 4. The van der Waals surface area contributed by atoms with Crippen LogP contribution in [-0.4, -0.2) is 85.6 Å². The second-order valence-electron chi connectivity index (χ2n) is 7.50. The Morgan fingerprint density at radius 2 is 1.94 bits per heavy atom. The van der Waals surface area contributed by atoms with E-state index >= 15 is 0 Å². The van der Waals surface area contributed by atoms with Gasteiger partial charge in [-0.25, -0.2) is 4.98 Å². The number of fused-ring (bicyclic) bond motifs is 1. The molecule has 3 aromatic rings. The number of benzene rings is 1. The van der Waals surface area contributed by atoms with Crippen molar-refractivity contribution >= 4 is 22.9 Å². The Labute approximate surface area is 188 Å². The second kappa shape index (κ2) is 9.33. The van der Waals surface area contributed by atoms with Crippen LogP contribution < -0.4 is 20.5 Å². The van der Waals surface area contributed by atoms with Crippen molar-refractivity contribution < 1.29 is 34.6 Å². The van der Waals surface area contributed by atoms with Gasteiger partial charge in [-0.1, -0.05) is 6.07 Å². The second-order valence-corrected chi connectivity index (χ2v) is 7.50. The molecule has 0 amide bonds. The highest BCUT2D eigenvalue weighted by Gasteiger charge is 2.44. The molecule has 0 saturated carbocycles. The van der Waals surface area contributed by atoms with Crippen LogP contribution in [0.15, 0.2) is 24.5 Å². The lowest BCUT2D eigenvalue weighted by atomic mass is 10.1. The fraction of sp³-hybridized carbons (Fsp3) is 0.450. The number of nitrogens with one attached hydrogen (secondary N) is 1. The first-order chi connectivity index (χ1) is 15.9. The minimum atomic E-state index is -1.31. The molecule has 0 spiro atoms. The Hall–Kier alpha value is -3.23. The van der Waals surface area contributed by atoms with Gasteiger partial charge in [-0.3, -0.25) is 4.57 Å². The zero-order valence-corrected chi connectivity index (χ0v) is 18.0. The van der Waals surface area contributed by atoms with Crippen molar-refractivity contribution in [2.45, 2.75) is 30.6 Å². The van der Waals surface area contributed by atoms with Crippen LogP contribution in [0.3, 0.4) is 0 Å². The summed E-state index contributed by atoms with van der Waals surface area (Å²) in [6.45, 7) is -0.401.